The molecule has 4 nitrogen and oxygen atoms in total. The lowest BCUT2D eigenvalue weighted by molar-refractivity contribution is 0.807. The summed E-state index contributed by atoms with van der Waals surface area (Å²) in [7, 11) is 0. The fourth-order valence-corrected chi connectivity index (χ4v) is 4.48. The molecule has 1 aromatic heterocycles. The first-order chi connectivity index (χ1) is 20.7. The molecule has 1 heterocycles. The highest BCUT2D eigenvalue weighted by molar-refractivity contribution is 7.99. The predicted molar refractivity (Wildman–Crippen MR) is 186 cm³/mol. The lowest BCUT2D eigenvalue weighted by atomic mass is 10.0. The average Bonchev–Trinajstić information content (AvgIpc) is 3.42. The van der Waals surface area contributed by atoms with Crippen LogP contribution in [0.1, 0.15) is 48.6 Å². The summed E-state index contributed by atoms with van der Waals surface area (Å²) < 4.78 is 11.6. The van der Waals surface area contributed by atoms with E-state index in [0.29, 0.717) is 4.91 Å². The summed E-state index contributed by atoms with van der Waals surface area (Å²) in [6, 6.07) is 25.3. The molecule has 0 aliphatic heterocycles. The van der Waals surface area contributed by atoms with E-state index in [2.05, 4.69) is 122 Å². The molecule has 0 radical (unpaired) electrons. The lowest BCUT2D eigenvalue weighted by Gasteiger charge is -2.11. The number of aromatic amines is 1. The summed E-state index contributed by atoms with van der Waals surface area (Å²) in [5, 5.41) is 14.7. The Bertz CT molecular complexity index is 1640. The highest BCUT2D eigenvalue weighted by atomic mass is 32.2. The van der Waals surface area contributed by atoms with E-state index in [1.807, 2.05) is 18.3 Å². The Morgan fingerprint density at radius 3 is 2.14 bits per heavy atom. The summed E-state index contributed by atoms with van der Waals surface area (Å²) in [5.74, 6) is 0. The second-order valence-corrected chi connectivity index (χ2v) is 11.0. The Morgan fingerprint density at radius 1 is 0.907 bits per heavy atom. The summed E-state index contributed by atoms with van der Waals surface area (Å²) in [5.41, 5.74) is 11.0. The first kappa shape index (κ1) is 33.0. The van der Waals surface area contributed by atoms with Crippen LogP contribution in [-0.4, -0.2) is 11.2 Å². The Hall–Kier alpha value is -4.55. The van der Waals surface area contributed by atoms with Gasteiger partial charge in [0.15, 0.2) is 0 Å². The zero-order valence-electron chi connectivity index (χ0n) is 25.4. The average molecular weight is 593 g/mol. The summed E-state index contributed by atoms with van der Waals surface area (Å²) in [4.78, 5) is 3.69. The van der Waals surface area contributed by atoms with Gasteiger partial charge in [-0.15, -0.1) is 0 Å². The molecule has 0 spiro atoms. The number of aromatic nitrogens is 1. The molecule has 0 atom stereocenters. The fourth-order valence-electron chi connectivity index (χ4n) is 4.28. The maximum absolute atomic E-state index is 11.6. The molecule has 3 aromatic carbocycles. The summed E-state index contributed by atoms with van der Waals surface area (Å²) >= 11 is 0.115. The Labute approximate surface area is 260 Å². The first-order valence-electron chi connectivity index (χ1n) is 14.1. The van der Waals surface area contributed by atoms with Crippen molar-refractivity contribution in [2.75, 3.05) is 0 Å². The van der Waals surface area contributed by atoms with Crippen molar-refractivity contribution in [3.63, 3.8) is 0 Å². The Balaban J connectivity index is 0.000000557. The van der Waals surface area contributed by atoms with Gasteiger partial charge in [-0.2, -0.15) is 3.89 Å². The molecule has 0 aliphatic rings. The minimum Gasteiger partial charge on any atom is -0.384 e. The first-order valence-corrected chi connectivity index (χ1v) is 14.8. The molecule has 222 valence electrons. The SMILES string of the molecule is C=C(/C=C/c1c[nH]c2ccccc12)NCc1ccc(CN/C(C)=C/C(=C)c2ccccc2C)cc1.CC(C)=C(C=N)SF. The van der Waals surface area contributed by atoms with Crippen LogP contribution in [0.25, 0.3) is 22.6 Å². The molecule has 0 aliphatic carbocycles. The second-order valence-electron chi connectivity index (χ2n) is 10.4. The van der Waals surface area contributed by atoms with E-state index in [-0.39, 0.29) is 12.1 Å². The molecule has 4 N–H and O–H groups in total. The largest absolute Gasteiger partial charge is 0.384 e. The van der Waals surface area contributed by atoms with Crippen LogP contribution in [0.5, 0.6) is 0 Å². The fraction of sp³-hybridized carbons (Fsp3) is 0.162. The number of aryl methyl sites for hydroxylation is 1. The lowest BCUT2D eigenvalue weighted by Crippen LogP contribution is -2.12. The van der Waals surface area contributed by atoms with E-state index < -0.39 is 0 Å². The van der Waals surface area contributed by atoms with Crippen molar-refractivity contribution in [2.45, 2.75) is 40.8 Å². The van der Waals surface area contributed by atoms with Gasteiger partial charge in [-0.3, -0.25) is 0 Å². The third kappa shape index (κ3) is 10.3. The molecule has 43 heavy (non-hydrogen) atoms. The van der Waals surface area contributed by atoms with Gasteiger partial charge < -0.3 is 21.0 Å². The molecule has 6 heteroatoms. The maximum atomic E-state index is 11.6. The van der Waals surface area contributed by atoms with Gasteiger partial charge in [0, 0.05) is 47.8 Å². The van der Waals surface area contributed by atoms with Crippen LogP contribution in [0.15, 0.2) is 126 Å². The van der Waals surface area contributed by atoms with Crippen LogP contribution in [-0.2, 0) is 13.1 Å². The number of hydrogen-bond donors (Lipinski definition) is 4. The molecule has 4 rings (SSSR count). The van der Waals surface area contributed by atoms with Crippen LogP contribution < -0.4 is 10.6 Å². The molecule has 4 aromatic rings. The maximum Gasteiger partial charge on any atom is 0.0827 e. The van der Waals surface area contributed by atoms with Crippen LogP contribution in [0.2, 0.25) is 0 Å². The quantitative estimate of drug-likeness (QED) is 0.0978. The number of hydrogen-bond acceptors (Lipinski definition) is 4. The molecule has 0 saturated carbocycles. The van der Waals surface area contributed by atoms with E-state index in [9.17, 15) is 3.89 Å². The van der Waals surface area contributed by atoms with Crippen molar-refractivity contribution < 1.29 is 3.89 Å². The van der Waals surface area contributed by atoms with E-state index in [4.69, 9.17) is 5.41 Å². The number of H-pyrrole nitrogens is 1. The van der Waals surface area contributed by atoms with E-state index in [1.165, 1.54) is 27.6 Å². The molecular formula is C37H41FN4S. The van der Waals surface area contributed by atoms with Crippen molar-refractivity contribution in [1.82, 2.24) is 15.6 Å². The normalized spacial score (nSPS) is 11.0. The van der Waals surface area contributed by atoms with Gasteiger partial charge in [-0.25, -0.2) is 0 Å². The number of fused-ring (bicyclic) bond motifs is 1. The predicted octanol–water partition coefficient (Wildman–Crippen LogP) is 10.0. The molecule has 0 bridgehead atoms. The van der Waals surface area contributed by atoms with Crippen molar-refractivity contribution in [3.05, 3.63) is 154 Å². The highest BCUT2D eigenvalue weighted by Gasteiger charge is 2.02. The zero-order valence-corrected chi connectivity index (χ0v) is 26.2. The zero-order chi connectivity index (χ0) is 31.2. The molecule has 0 fully saturated rings. The number of rotatable bonds is 12. The van der Waals surface area contributed by atoms with Crippen LogP contribution in [0, 0.1) is 12.3 Å². The van der Waals surface area contributed by atoms with Gasteiger partial charge in [-0.1, -0.05) is 91.5 Å². The molecule has 0 unspecified atom stereocenters. The topological polar surface area (TPSA) is 63.7 Å². The van der Waals surface area contributed by atoms with Gasteiger partial charge >= 0.3 is 0 Å². The number of para-hydroxylation sites is 1. The van der Waals surface area contributed by atoms with E-state index in [1.54, 1.807) is 13.8 Å². The van der Waals surface area contributed by atoms with Gasteiger partial charge in [0.05, 0.1) is 17.1 Å². The monoisotopic (exact) mass is 592 g/mol. The number of allylic oxidation sites excluding steroid dienone is 6. The number of halogens is 1. The van der Waals surface area contributed by atoms with E-state index in [0.717, 1.165) is 52.9 Å². The Kier molecular flexibility index (Phi) is 12.9. The second kappa shape index (κ2) is 16.8. The minimum absolute atomic E-state index is 0.115. The third-order valence-electron chi connectivity index (χ3n) is 6.79. The van der Waals surface area contributed by atoms with Crippen LogP contribution >= 0.6 is 12.1 Å². The van der Waals surface area contributed by atoms with Gasteiger partial charge in [0.1, 0.15) is 0 Å². The highest BCUT2D eigenvalue weighted by Crippen LogP contribution is 2.20. The van der Waals surface area contributed by atoms with Gasteiger partial charge in [0.25, 0.3) is 0 Å². The Morgan fingerprint density at radius 2 is 1.53 bits per heavy atom. The van der Waals surface area contributed by atoms with Crippen molar-refractivity contribution in [2.24, 2.45) is 0 Å². The van der Waals surface area contributed by atoms with Gasteiger partial charge in [-0.05, 0) is 79.3 Å². The van der Waals surface area contributed by atoms with Crippen molar-refractivity contribution in [1.29, 1.82) is 5.41 Å². The molecule has 0 saturated heterocycles. The summed E-state index contributed by atoms with van der Waals surface area (Å²) in [6.45, 7) is 17.6. The molecule has 0 amide bonds. The van der Waals surface area contributed by atoms with Crippen molar-refractivity contribution >= 4 is 40.9 Å². The van der Waals surface area contributed by atoms with Gasteiger partial charge in [0.2, 0.25) is 0 Å². The smallest absolute Gasteiger partial charge is 0.0827 e. The molecular weight excluding hydrogens is 552 g/mol. The minimum atomic E-state index is 0.115. The van der Waals surface area contributed by atoms with Crippen LogP contribution in [0.3, 0.4) is 0 Å². The summed E-state index contributed by atoms with van der Waals surface area (Å²) in [6.07, 6.45) is 9.26. The van der Waals surface area contributed by atoms with E-state index >= 15 is 0 Å². The van der Waals surface area contributed by atoms with Crippen LogP contribution in [0.4, 0.5) is 3.89 Å². The number of benzene rings is 3. The number of nitrogens with one attached hydrogen (secondary N) is 4. The standard InChI is InChI=1S/C32H33N3.C5H8FNS/c1-23-9-5-6-10-30(23)24(2)19-26(4)34-21-28-16-14-27(15-17-28)20-33-25(3)13-18-29-22-35-32-12-8-7-11-31(29)32;1-4(2)5(3-7)8-6/h5-19,22,33-35H,2-3,20-21H2,1,4H3;3,7H,1-2H3/b18-13+,26-19+;. The van der Waals surface area contributed by atoms with Crippen molar-refractivity contribution in [3.8, 4) is 0 Å². The third-order valence-corrected chi connectivity index (χ3v) is 7.48.